The number of hydrogen-bond donors (Lipinski definition) is 0. The molecule has 2 nitrogen and oxygen atoms in total. The molecule has 2 aromatic heterocycles. The summed E-state index contributed by atoms with van der Waals surface area (Å²) in [5.41, 5.74) is 9.33. The lowest BCUT2D eigenvalue weighted by Crippen LogP contribution is -1.76. The Morgan fingerprint density at radius 3 is 1.25 bits per heavy atom. The van der Waals surface area contributed by atoms with E-state index in [-0.39, 0.29) is 0 Å². The van der Waals surface area contributed by atoms with Crippen molar-refractivity contribution >= 4 is 67.4 Å². The fourth-order valence-corrected chi connectivity index (χ4v) is 6.06. The molecule has 0 N–H and O–H groups in total. The molecule has 0 bridgehead atoms. The Morgan fingerprint density at radius 2 is 0.833 bits per heavy atom. The number of benzene rings is 4. The highest BCUT2D eigenvalue weighted by atomic mass is 32.1. The quantitative estimate of drug-likeness (QED) is 0.220. The maximum atomic E-state index is 4.88. The topological polar surface area (TPSA) is 25.8 Å². The molecule has 0 aliphatic carbocycles. The van der Waals surface area contributed by atoms with Crippen LogP contribution in [0.1, 0.15) is 33.4 Å². The van der Waals surface area contributed by atoms with Crippen LogP contribution in [0.25, 0.3) is 54.8 Å². The molecule has 0 amide bonds. The van der Waals surface area contributed by atoms with E-state index < -0.39 is 0 Å². The molecule has 0 aliphatic heterocycles. The van der Waals surface area contributed by atoms with E-state index in [0.29, 0.717) is 0 Å². The second-order valence-corrected chi connectivity index (χ2v) is 11.0. The number of rotatable bonds is 5. The van der Waals surface area contributed by atoms with Gasteiger partial charge in [0.05, 0.1) is 20.4 Å². The Bertz CT molecular complexity index is 1600. The number of hydrogen-bond acceptors (Lipinski definition) is 4. The average molecular weight is 501 g/mol. The molecule has 0 unspecified atom stereocenters. The zero-order valence-electron chi connectivity index (χ0n) is 20.1. The maximum absolute atomic E-state index is 4.88. The molecule has 4 heteroatoms. The molecular weight excluding hydrogens is 477 g/mol. The maximum Gasteiger partial charge on any atom is 0.153 e. The molecule has 174 valence electrons. The third kappa shape index (κ3) is 4.92. The van der Waals surface area contributed by atoms with Gasteiger partial charge in [-0.15, -0.1) is 22.7 Å². The van der Waals surface area contributed by atoms with Crippen molar-refractivity contribution in [2.24, 2.45) is 0 Å². The van der Waals surface area contributed by atoms with Crippen molar-refractivity contribution in [3.8, 4) is 10.0 Å². The summed E-state index contributed by atoms with van der Waals surface area (Å²) in [5.74, 6) is 0. The normalized spacial score (nSPS) is 11.9. The van der Waals surface area contributed by atoms with Crippen molar-refractivity contribution in [3.05, 3.63) is 118 Å². The van der Waals surface area contributed by atoms with E-state index in [9.17, 15) is 0 Å². The summed E-state index contributed by atoms with van der Waals surface area (Å²) < 4.78 is 2.36. The van der Waals surface area contributed by atoms with Crippen LogP contribution in [-0.4, -0.2) is 9.97 Å². The summed E-state index contributed by atoms with van der Waals surface area (Å²) in [6.07, 6.45) is 8.63. The summed E-state index contributed by atoms with van der Waals surface area (Å²) in [4.78, 5) is 9.76. The van der Waals surface area contributed by atoms with Gasteiger partial charge in [0.2, 0.25) is 0 Å². The van der Waals surface area contributed by atoms with Crippen LogP contribution in [0.3, 0.4) is 0 Å². The Kier molecular flexibility index (Phi) is 6.06. The lowest BCUT2D eigenvalue weighted by molar-refractivity contribution is 1.42. The van der Waals surface area contributed by atoms with Crippen molar-refractivity contribution in [1.82, 2.24) is 9.97 Å². The van der Waals surface area contributed by atoms with Gasteiger partial charge in [0, 0.05) is 0 Å². The van der Waals surface area contributed by atoms with Gasteiger partial charge < -0.3 is 0 Å². The number of aryl methyl sites for hydroxylation is 2. The molecule has 36 heavy (non-hydrogen) atoms. The van der Waals surface area contributed by atoms with Crippen LogP contribution in [0.15, 0.2) is 84.9 Å². The van der Waals surface area contributed by atoms with E-state index in [1.165, 1.54) is 42.8 Å². The molecular formula is C32H24N2S2. The summed E-state index contributed by atoms with van der Waals surface area (Å²) in [7, 11) is 0. The fourth-order valence-electron chi connectivity index (χ4n) is 4.01. The predicted molar refractivity (Wildman–Crippen MR) is 158 cm³/mol. The Hall–Kier alpha value is -3.86. The number of fused-ring (bicyclic) bond motifs is 2. The number of aromatic nitrogens is 2. The Balaban J connectivity index is 1.25. The lowest BCUT2D eigenvalue weighted by Gasteiger charge is -1.96. The minimum absolute atomic E-state index is 0.975. The van der Waals surface area contributed by atoms with E-state index in [4.69, 9.17) is 9.97 Å². The molecule has 0 fully saturated rings. The third-order valence-electron chi connectivity index (χ3n) is 6.10. The van der Waals surface area contributed by atoms with Crippen LogP contribution in [0.2, 0.25) is 0 Å². The van der Waals surface area contributed by atoms with Crippen LogP contribution in [0.4, 0.5) is 0 Å². The molecule has 0 saturated carbocycles. The fraction of sp³-hybridized carbons (Fsp3) is 0.0625. The summed E-state index contributed by atoms with van der Waals surface area (Å²) in [6, 6.07) is 30.0. The largest absolute Gasteiger partial charge is 0.233 e. The van der Waals surface area contributed by atoms with Crippen molar-refractivity contribution < 1.29 is 0 Å². The van der Waals surface area contributed by atoms with Crippen LogP contribution in [0.5, 0.6) is 0 Å². The smallest absolute Gasteiger partial charge is 0.153 e. The summed E-state index contributed by atoms with van der Waals surface area (Å²) in [6.45, 7) is 4.22. The van der Waals surface area contributed by atoms with Crippen molar-refractivity contribution in [1.29, 1.82) is 0 Å². The third-order valence-corrected chi connectivity index (χ3v) is 8.28. The highest BCUT2D eigenvalue weighted by molar-refractivity contribution is 7.27. The highest BCUT2D eigenvalue weighted by Crippen LogP contribution is 2.36. The first-order valence-electron chi connectivity index (χ1n) is 11.9. The van der Waals surface area contributed by atoms with Crippen molar-refractivity contribution in [3.63, 3.8) is 0 Å². The predicted octanol–water partition coefficient (Wildman–Crippen LogP) is 9.53. The first-order chi connectivity index (χ1) is 17.6. The van der Waals surface area contributed by atoms with Gasteiger partial charge in [0.25, 0.3) is 0 Å². The van der Waals surface area contributed by atoms with Gasteiger partial charge in [-0.05, 0) is 60.4 Å². The lowest BCUT2D eigenvalue weighted by atomic mass is 10.1. The van der Waals surface area contributed by atoms with Crippen molar-refractivity contribution in [2.45, 2.75) is 13.8 Å². The van der Waals surface area contributed by atoms with Gasteiger partial charge >= 0.3 is 0 Å². The molecule has 0 atom stereocenters. The monoisotopic (exact) mass is 500 g/mol. The van der Waals surface area contributed by atoms with E-state index in [1.54, 1.807) is 22.7 Å². The van der Waals surface area contributed by atoms with Crippen LogP contribution < -0.4 is 0 Å². The van der Waals surface area contributed by atoms with Crippen molar-refractivity contribution in [2.75, 3.05) is 0 Å². The van der Waals surface area contributed by atoms with E-state index in [1.807, 2.05) is 0 Å². The molecule has 6 aromatic rings. The number of nitrogens with zero attached hydrogens (tertiary/aromatic N) is 2. The SMILES string of the molecule is Cc1ccc(/C=C/c2ccc3nc(-c4nc5ccc(/C=C/c6ccc(C)cc6)cc5s4)sc3c2)cc1. The second-order valence-electron chi connectivity index (χ2n) is 8.98. The van der Waals surface area contributed by atoms with Gasteiger partial charge in [-0.1, -0.05) is 96.1 Å². The molecule has 0 radical (unpaired) electrons. The van der Waals surface area contributed by atoms with Gasteiger partial charge in [0.1, 0.15) is 0 Å². The molecule has 2 heterocycles. The van der Waals surface area contributed by atoms with Gasteiger partial charge in [0.15, 0.2) is 10.0 Å². The zero-order chi connectivity index (χ0) is 24.5. The molecule has 0 aliphatic rings. The Morgan fingerprint density at radius 1 is 0.472 bits per heavy atom. The molecule has 6 rings (SSSR count). The number of thiazole rings is 2. The minimum Gasteiger partial charge on any atom is -0.233 e. The molecule has 0 saturated heterocycles. The standard InChI is InChI=1S/C32H24N2S2/c1-21-3-7-23(8-4-21)11-13-25-15-17-27-29(19-25)35-31(33-27)32-34-28-18-16-26(20-30(28)36-32)14-12-24-9-5-22(2)6-10-24/h3-20H,1-2H3/b13-11+,14-12+. The van der Waals surface area contributed by atoms with Crippen LogP contribution in [-0.2, 0) is 0 Å². The highest BCUT2D eigenvalue weighted by Gasteiger charge is 2.12. The second kappa shape index (κ2) is 9.65. The van der Waals surface area contributed by atoms with E-state index in [2.05, 4.69) is 123 Å². The van der Waals surface area contributed by atoms with Gasteiger partial charge in [-0.3, -0.25) is 0 Å². The average Bonchev–Trinajstić information content (AvgIpc) is 3.51. The van der Waals surface area contributed by atoms with Crippen LogP contribution >= 0.6 is 22.7 Å². The van der Waals surface area contributed by atoms with Crippen LogP contribution in [0, 0.1) is 13.8 Å². The van der Waals surface area contributed by atoms with E-state index >= 15 is 0 Å². The summed E-state index contributed by atoms with van der Waals surface area (Å²) >= 11 is 3.41. The zero-order valence-corrected chi connectivity index (χ0v) is 21.7. The first kappa shape index (κ1) is 22.6. The molecule has 4 aromatic carbocycles. The van der Waals surface area contributed by atoms with Gasteiger partial charge in [-0.25, -0.2) is 9.97 Å². The summed E-state index contributed by atoms with van der Waals surface area (Å²) in [5, 5.41) is 1.95. The first-order valence-corrected chi connectivity index (χ1v) is 13.5. The van der Waals surface area contributed by atoms with Gasteiger partial charge in [-0.2, -0.15) is 0 Å². The Labute approximate surface area is 218 Å². The molecule has 0 spiro atoms. The minimum atomic E-state index is 0.975. The van der Waals surface area contributed by atoms with E-state index in [0.717, 1.165) is 21.0 Å².